The van der Waals surface area contributed by atoms with Gasteiger partial charge in [0, 0.05) is 173 Å². The summed E-state index contributed by atoms with van der Waals surface area (Å²) in [6, 6.07) is -1.43. The lowest BCUT2D eigenvalue weighted by Crippen LogP contribution is -2.66. The largest absolute Gasteiger partial charge is 0.463 e. The molecule has 0 saturated carbocycles. The molecule has 3 heterocycles. The summed E-state index contributed by atoms with van der Waals surface area (Å²) < 4.78 is 121. The Balaban J connectivity index is 1.70. The Labute approximate surface area is 834 Å². The van der Waals surface area contributed by atoms with Gasteiger partial charge < -0.3 is 147 Å². The van der Waals surface area contributed by atoms with E-state index in [4.69, 9.17) is 99.0 Å². The minimum Gasteiger partial charge on any atom is -0.463 e. The number of carbonyl (C=O) groups is 18. The Morgan fingerprint density at radius 3 is 0.860 bits per heavy atom. The summed E-state index contributed by atoms with van der Waals surface area (Å²) in [6.07, 6.45) is -12.9. The first kappa shape index (κ1) is 127. The second-order valence-corrected chi connectivity index (χ2v) is 35.0. The fourth-order valence-electron chi connectivity index (χ4n) is 14.5. The first-order valence-corrected chi connectivity index (χ1v) is 48.7. The lowest BCUT2D eigenvalue weighted by atomic mass is 9.96. The van der Waals surface area contributed by atoms with E-state index in [1.54, 1.807) is 9.80 Å². The molecule has 0 aliphatic carbocycles. The Kier molecular flexibility index (Phi) is 64.7. The SMILES string of the molecule is CC(=O)NC1C(OCCOCCC(=O)NCCCCNC(=O)CN(CCOCCOP(OCCC#N)N(C(C)C)C(C)C)CCN(CC(=O)NCCCCNC(=O)CCOCCOC2OC(COC(C)=O)C(OC(C)=O)C(OC(C)=O)C2NC(C)=O)CC(=O)NCCCCNC(=O)CCOCCOC2OC(COC(C)=O)C(OC(C)=O)C(OC(C)=O)C2NC(C)=O)OC(COC(C)=O)C(OC(C)=O)C1OC(C)=O. The fraction of sp³-hybridized carbons (Fsp3) is 0.789. The van der Waals surface area contributed by atoms with E-state index in [1.807, 2.05) is 27.7 Å². The maximum Gasteiger partial charge on any atom is 0.303 e. The maximum absolute atomic E-state index is 13.8. The van der Waals surface area contributed by atoms with Gasteiger partial charge in [-0.05, 0) is 66.2 Å². The molecule has 0 aromatic heterocycles. The first-order chi connectivity index (χ1) is 68.0. The van der Waals surface area contributed by atoms with Crippen molar-refractivity contribution in [1.82, 2.24) is 62.3 Å². The molecule has 0 aromatic rings. The molecule has 9 N–H and O–H groups in total. The van der Waals surface area contributed by atoms with E-state index < -0.39 is 204 Å². The summed E-state index contributed by atoms with van der Waals surface area (Å²) in [7, 11) is -1.57. The topological polar surface area (TPSA) is 643 Å². The average Bonchev–Trinajstić information content (AvgIpc) is 0.793. The number of ether oxygens (including phenoxy) is 19. The first-order valence-electron chi connectivity index (χ1n) is 47.6. The molecular weight excluding hydrogens is 1920 g/mol. The van der Waals surface area contributed by atoms with Crippen LogP contribution in [0.3, 0.4) is 0 Å². The predicted molar refractivity (Wildman–Crippen MR) is 497 cm³/mol. The number of nitrogens with one attached hydrogen (secondary N) is 9. The van der Waals surface area contributed by atoms with Crippen LogP contribution in [0, 0.1) is 11.3 Å². The van der Waals surface area contributed by atoms with Crippen molar-refractivity contribution in [1.29, 1.82) is 5.26 Å². The summed E-state index contributed by atoms with van der Waals surface area (Å²) in [5, 5.41) is 34.2. The molecule has 3 aliphatic heterocycles. The molecular formula is C90H150N13O39P. The zero-order chi connectivity index (χ0) is 106. The fourth-order valence-corrected chi connectivity index (χ4v) is 16.1. The molecule has 16 unspecified atom stereocenters. The third-order valence-electron chi connectivity index (χ3n) is 20.4. The van der Waals surface area contributed by atoms with Gasteiger partial charge in [-0.15, -0.1) is 0 Å². The molecule has 3 aliphatic rings. The minimum atomic E-state index is -1.57. The smallest absolute Gasteiger partial charge is 0.303 e. The summed E-state index contributed by atoms with van der Waals surface area (Å²) >= 11 is 0. The minimum absolute atomic E-state index is 0.0334. The van der Waals surface area contributed by atoms with Crippen molar-refractivity contribution in [2.24, 2.45) is 0 Å². The number of esters is 9. The van der Waals surface area contributed by atoms with Crippen molar-refractivity contribution in [2.75, 3.05) is 184 Å². The molecule has 3 fully saturated rings. The second-order valence-electron chi connectivity index (χ2n) is 33.6. The van der Waals surface area contributed by atoms with Gasteiger partial charge in [0.05, 0.1) is 118 Å². The second kappa shape index (κ2) is 72.9. The van der Waals surface area contributed by atoms with E-state index in [0.717, 1.165) is 62.3 Å². The van der Waals surface area contributed by atoms with Crippen LogP contribution in [0.2, 0.25) is 0 Å². The number of hydrogen-bond acceptors (Lipinski definition) is 43. The molecule has 52 nitrogen and oxygen atoms in total. The van der Waals surface area contributed by atoms with Crippen molar-refractivity contribution >= 4 is 115 Å². The normalized spacial score (nSPS) is 21.0. The third-order valence-corrected chi connectivity index (χ3v) is 22.5. The molecule has 0 spiro atoms. The number of hydrogen-bond donors (Lipinski definition) is 9. The van der Waals surface area contributed by atoms with Crippen LogP contribution in [0.5, 0.6) is 0 Å². The zero-order valence-corrected chi connectivity index (χ0v) is 85.7. The van der Waals surface area contributed by atoms with Gasteiger partial charge in [0.2, 0.25) is 53.2 Å². The van der Waals surface area contributed by atoms with Gasteiger partial charge in [-0.25, -0.2) is 4.67 Å². The van der Waals surface area contributed by atoms with Gasteiger partial charge in [-0.3, -0.25) is 96.1 Å². The highest BCUT2D eigenvalue weighted by Gasteiger charge is 2.55. The van der Waals surface area contributed by atoms with Crippen LogP contribution >= 0.6 is 8.53 Å². The summed E-state index contributed by atoms with van der Waals surface area (Å²) in [5.41, 5.74) is 0. The number of unbranched alkanes of at least 4 members (excludes halogenated alkanes) is 3. The highest BCUT2D eigenvalue weighted by molar-refractivity contribution is 7.44. The lowest BCUT2D eigenvalue weighted by molar-refractivity contribution is -0.279. The van der Waals surface area contributed by atoms with Crippen LogP contribution in [0.4, 0.5) is 0 Å². The highest BCUT2D eigenvalue weighted by atomic mass is 31.2. The molecule has 814 valence electrons. The van der Waals surface area contributed by atoms with Gasteiger partial charge in [-0.2, -0.15) is 5.26 Å². The molecule has 53 heteroatoms. The molecule has 0 radical (unpaired) electrons. The van der Waals surface area contributed by atoms with E-state index >= 15 is 0 Å². The van der Waals surface area contributed by atoms with Gasteiger partial charge in [0.15, 0.2) is 55.5 Å². The number of rotatable bonds is 73. The van der Waals surface area contributed by atoms with E-state index in [0.29, 0.717) is 38.5 Å². The Morgan fingerprint density at radius 2 is 0.580 bits per heavy atom. The molecule has 16 atom stereocenters. The van der Waals surface area contributed by atoms with Crippen LogP contribution in [0.25, 0.3) is 0 Å². The lowest BCUT2D eigenvalue weighted by Gasteiger charge is -2.44. The van der Waals surface area contributed by atoms with Crippen molar-refractivity contribution in [3.63, 3.8) is 0 Å². The van der Waals surface area contributed by atoms with Crippen LogP contribution in [-0.4, -0.2) is 410 Å². The number of amides is 9. The number of nitriles is 1. The highest BCUT2D eigenvalue weighted by Crippen LogP contribution is 2.46. The monoisotopic (exact) mass is 2070 g/mol. The zero-order valence-electron chi connectivity index (χ0n) is 84.8. The summed E-state index contributed by atoms with van der Waals surface area (Å²) in [6.45, 7) is 21.2. The van der Waals surface area contributed by atoms with Crippen LogP contribution in [0.15, 0.2) is 0 Å². The standard InChI is InChI=1S/C90H150N13O39P/c1-56(2)103(57(3)4)143(132-37-23-27-91)133-49-45-125-41-36-101(50-76(119)95-31-20-17-28-92-73(116)24-38-122-42-46-126-88-79(98-58(5)104)85(137-67(14)113)82(134-64(11)110)70(140-88)53-129-61(8)107)34-35-102(51-77(120)96-32-21-18-29-93-74(117)25-39-123-43-47-127-89-80(99-59(6)105)86(138-68(15)114)83(135-65(12)111)71(141-89)54-130-62(9)108)52-78(121)97-33-22-19-30-94-75(118)26-40-124-44-48-128-90-81(100-60(7)106)87(139-69(16)115)84(136-66(13)112)72(142-90)55-131-63(10)109/h56-57,70-72,79-90H,17-26,28-55H2,1-16H3,(H,92,116)(H,93,117)(H,94,118)(H,95,119)(H,96,120)(H,97,121)(H,98,104)(H,99,105)(H,100,106). The van der Waals surface area contributed by atoms with Crippen LogP contribution in [-0.2, 0) is 185 Å². The van der Waals surface area contributed by atoms with Crippen LogP contribution in [0.1, 0.15) is 175 Å². The van der Waals surface area contributed by atoms with Gasteiger partial charge >= 0.3 is 53.7 Å². The Morgan fingerprint density at radius 1 is 0.315 bits per heavy atom. The Hall–Kier alpha value is -10.2. The van der Waals surface area contributed by atoms with Gasteiger partial charge in [0.1, 0.15) is 56.3 Å². The summed E-state index contributed by atoms with van der Waals surface area (Å²) in [5.74, 6) is -10.7. The summed E-state index contributed by atoms with van der Waals surface area (Å²) in [4.78, 5) is 229. The van der Waals surface area contributed by atoms with Crippen molar-refractivity contribution in [2.45, 2.75) is 279 Å². The van der Waals surface area contributed by atoms with E-state index in [1.165, 1.54) is 20.8 Å². The van der Waals surface area contributed by atoms with E-state index in [9.17, 15) is 91.6 Å². The van der Waals surface area contributed by atoms with E-state index in [2.05, 4.69) is 58.6 Å². The van der Waals surface area contributed by atoms with Crippen molar-refractivity contribution < 1.29 is 185 Å². The quantitative estimate of drug-likeness (QED) is 0.0140. The Bertz CT molecular complexity index is 3840. The molecule has 143 heavy (non-hydrogen) atoms. The van der Waals surface area contributed by atoms with Crippen molar-refractivity contribution in [3.8, 4) is 6.07 Å². The number of nitrogens with zero attached hydrogens (tertiary/aromatic N) is 4. The van der Waals surface area contributed by atoms with Crippen LogP contribution < -0.4 is 47.9 Å². The maximum atomic E-state index is 13.8. The van der Waals surface area contributed by atoms with Crippen molar-refractivity contribution in [3.05, 3.63) is 0 Å². The molecule has 9 amide bonds. The third kappa shape index (κ3) is 56.7. The predicted octanol–water partition coefficient (Wildman–Crippen LogP) is -1.82. The van der Waals surface area contributed by atoms with Gasteiger partial charge in [0.25, 0.3) is 8.53 Å². The molecule has 0 aromatic carbocycles. The van der Waals surface area contributed by atoms with E-state index in [-0.39, 0.29) is 226 Å². The average molecular weight is 2070 g/mol. The molecule has 0 bridgehead atoms. The van der Waals surface area contributed by atoms with Gasteiger partial charge in [-0.1, -0.05) is 0 Å². The number of carbonyl (C=O) groups excluding carboxylic acids is 18. The molecule has 3 rings (SSSR count). The molecule has 3 saturated heterocycles.